The molecule has 1 aromatic heterocycles. The Morgan fingerprint density at radius 1 is 0.759 bits per heavy atom. The fourth-order valence-corrected chi connectivity index (χ4v) is 2.75. The van der Waals surface area contributed by atoms with Crippen molar-refractivity contribution in [3.63, 3.8) is 0 Å². The molecule has 1 heterocycles. The molecule has 0 saturated carbocycles. The van der Waals surface area contributed by atoms with Crippen LogP contribution in [0.3, 0.4) is 0 Å². The summed E-state index contributed by atoms with van der Waals surface area (Å²) in [6, 6.07) is 9.45. The Labute approximate surface area is 160 Å². The van der Waals surface area contributed by atoms with E-state index in [1.165, 1.54) is 24.3 Å². The molecule has 0 bridgehead atoms. The minimum Gasteiger partial charge on any atom is -0.476 e. The molecule has 150 valence electrons. The first-order valence-corrected chi connectivity index (χ1v) is 8.05. The third kappa shape index (κ3) is 4.39. The van der Waals surface area contributed by atoms with Gasteiger partial charge in [0.05, 0.1) is 11.1 Å². The SMILES string of the molecule is O=C(O)c1ncc(-c2cccc(C(F)(F)F)c2)cc1-c1cccc(C(F)(F)F)c1. The summed E-state index contributed by atoms with van der Waals surface area (Å²) in [5, 5.41) is 9.33. The summed E-state index contributed by atoms with van der Waals surface area (Å²) < 4.78 is 77.9. The highest BCUT2D eigenvalue weighted by molar-refractivity contribution is 5.95. The number of hydrogen-bond donors (Lipinski definition) is 1. The molecule has 2 aromatic carbocycles. The van der Waals surface area contributed by atoms with Crippen LogP contribution in [0.1, 0.15) is 21.6 Å². The zero-order chi connectivity index (χ0) is 21.4. The molecular formula is C20H11F6NO2. The van der Waals surface area contributed by atoms with Crippen LogP contribution in [-0.4, -0.2) is 16.1 Å². The van der Waals surface area contributed by atoms with Crippen LogP contribution in [0.2, 0.25) is 0 Å². The molecule has 9 heteroatoms. The van der Waals surface area contributed by atoms with Crippen molar-refractivity contribution in [2.75, 3.05) is 0 Å². The van der Waals surface area contributed by atoms with E-state index in [0.29, 0.717) is 0 Å². The number of carbonyl (C=O) groups is 1. The van der Waals surface area contributed by atoms with Crippen molar-refractivity contribution < 1.29 is 36.2 Å². The van der Waals surface area contributed by atoms with E-state index in [9.17, 15) is 36.2 Å². The van der Waals surface area contributed by atoms with Crippen LogP contribution in [0.4, 0.5) is 26.3 Å². The third-order valence-electron chi connectivity index (χ3n) is 4.11. The number of nitrogens with zero attached hydrogens (tertiary/aromatic N) is 1. The molecule has 0 saturated heterocycles. The minimum absolute atomic E-state index is 0.0708. The van der Waals surface area contributed by atoms with E-state index >= 15 is 0 Å². The molecule has 0 unspecified atom stereocenters. The number of alkyl halides is 6. The van der Waals surface area contributed by atoms with Crippen molar-refractivity contribution in [1.82, 2.24) is 4.98 Å². The van der Waals surface area contributed by atoms with E-state index in [0.717, 1.165) is 36.5 Å². The first-order valence-electron chi connectivity index (χ1n) is 8.05. The lowest BCUT2D eigenvalue weighted by Gasteiger charge is -2.13. The Morgan fingerprint density at radius 2 is 1.28 bits per heavy atom. The molecule has 29 heavy (non-hydrogen) atoms. The van der Waals surface area contributed by atoms with E-state index in [-0.39, 0.29) is 22.3 Å². The van der Waals surface area contributed by atoms with E-state index in [1.54, 1.807) is 0 Å². The number of aromatic nitrogens is 1. The number of hydrogen-bond acceptors (Lipinski definition) is 2. The summed E-state index contributed by atoms with van der Waals surface area (Å²) in [6.45, 7) is 0. The van der Waals surface area contributed by atoms with E-state index < -0.39 is 35.1 Å². The van der Waals surface area contributed by atoms with Gasteiger partial charge >= 0.3 is 18.3 Å². The fourth-order valence-electron chi connectivity index (χ4n) is 2.75. The second-order valence-corrected chi connectivity index (χ2v) is 6.08. The van der Waals surface area contributed by atoms with Crippen LogP contribution < -0.4 is 0 Å². The first kappa shape index (κ1) is 20.4. The molecule has 0 aliphatic carbocycles. The first-order chi connectivity index (χ1) is 13.5. The van der Waals surface area contributed by atoms with Gasteiger partial charge < -0.3 is 5.11 Å². The summed E-state index contributed by atoms with van der Waals surface area (Å²) >= 11 is 0. The van der Waals surface area contributed by atoms with Crippen LogP contribution in [0, 0.1) is 0 Å². The average Bonchev–Trinajstić information content (AvgIpc) is 2.66. The van der Waals surface area contributed by atoms with Crippen molar-refractivity contribution in [3.05, 3.63) is 77.6 Å². The molecule has 0 radical (unpaired) electrons. The Kier molecular flexibility index (Phi) is 5.08. The smallest absolute Gasteiger partial charge is 0.416 e. The lowest BCUT2D eigenvalue weighted by molar-refractivity contribution is -0.138. The van der Waals surface area contributed by atoms with Gasteiger partial charge in [0.15, 0.2) is 5.69 Å². The Bertz CT molecular complexity index is 1070. The second kappa shape index (κ2) is 7.23. The van der Waals surface area contributed by atoms with Crippen molar-refractivity contribution in [2.45, 2.75) is 12.4 Å². The van der Waals surface area contributed by atoms with Gasteiger partial charge in [-0.25, -0.2) is 9.78 Å². The molecule has 0 amide bonds. The minimum atomic E-state index is -4.65. The lowest BCUT2D eigenvalue weighted by Crippen LogP contribution is -2.07. The fraction of sp³-hybridized carbons (Fsp3) is 0.100. The maximum atomic E-state index is 13.0. The highest BCUT2D eigenvalue weighted by atomic mass is 19.4. The van der Waals surface area contributed by atoms with Gasteiger partial charge in [-0.05, 0) is 41.5 Å². The van der Waals surface area contributed by atoms with Crippen LogP contribution in [-0.2, 0) is 12.4 Å². The van der Waals surface area contributed by atoms with Gasteiger partial charge in [-0.1, -0.05) is 24.3 Å². The van der Waals surface area contributed by atoms with Gasteiger partial charge in [-0.3, -0.25) is 0 Å². The van der Waals surface area contributed by atoms with Crippen molar-refractivity contribution >= 4 is 5.97 Å². The zero-order valence-electron chi connectivity index (χ0n) is 14.3. The number of carboxylic acids is 1. The maximum Gasteiger partial charge on any atom is 0.416 e. The standard InChI is InChI=1S/C20H11F6NO2/c21-19(22,23)14-5-1-3-11(7-14)13-9-16(17(18(28)29)27-10-13)12-4-2-6-15(8-12)20(24,25)26/h1-10H,(H,28,29). The maximum absolute atomic E-state index is 13.0. The molecular weight excluding hydrogens is 400 g/mol. The molecule has 3 aromatic rings. The van der Waals surface area contributed by atoms with Gasteiger partial charge in [0.2, 0.25) is 0 Å². The predicted octanol–water partition coefficient (Wildman–Crippen LogP) is 6.15. The predicted molar refractivity (Wildman–Crippen MR) is 92.1 cm³/mol. The summed E-state index contributed by atoms with van der Waals surface area (Å²) in [5.41, 5.74) is -2.41. The van der Waals surface area contributed by atoms with Gasteiger partial charge in [0, 0.05) is 17.3 Å². The normalized spacial score (nSPS) is 12.1. The number of carboxylic acid groups (broad SMARTS) is 1. The van der Waals surface area contributed by atoms with Gasteiger partial charge in [0.25, 0.3) is 0 Å². The van der Waals surface area contributed by atoms with Crippen LogP contribution in [0.5, 0.6) is 0 Å². The number of halogens is 6. The largest absolute Gasteiger partial charge is 0.476 e. The number of aromatic carboxylic acids is 1. The van der Waals surface area contributed by atoms with Gasteiger partial charge in [-0.15, -0.1) is 0 Å². The zero-order valence-corrected chi connectivity index (χ0v) is 14.3. The van der Waals surface area contributed by atoms with Gasteiger partial charge in [-0.2, -0.15) is 26.3 Å². The Hall–Kier alpha value is -3.36. The highest BCUT2D eigenvalue weighted by Crippen LogP contribution is 2.36. The molecule has 0 aliphatic rings. The van der Waals surface area contributed by atoms with Crippen LogP contribution >= 0.6 is 0 Å². The monoisotopic (exact) mass is 411 g/mol. The summed E-state index contributed by atoms with van der Waals surface area (Å²) in [5.74, 6) is -1.48. The average molecular weight is 411 g/mol. The highest BCUT2D eigenvalue weighted by Gasteiger charge is 2.32. The summed E-state index contributed by atoms with van der Waals surface area (Å²) in [4.78, 5) is 15.2. The Balaban J connectivity index is 2.17. The molecule has 1 N–H and O–H groups in total. The number of pyridine rings is 1. The summed E-state index contributed by atoms with van der Waals surface area (Å²) in [7, 11) is 0. The topological polar surface area (TPSA) is 50.2 Å². The molecule has 0 spiro atoms. The summed E-state index contributed by atoms with van der Waals surface area (Å²) in [6.07, 6.45) is -8.17. The van der Waals surface area contributed by atoms with E-state index in [2.05, 4.69) is 4.98 Å². The molecule has 0 aliphatic heterocycles. The van der Waals surface area contributed by atoms with Crippen molar-refractivity contribution in [1.29, 1.82) is 0 Å². The van der Waals surface area contributed by atoms with Crippen LogP contribution in [0.15, 0.2) is 60.8 Å². The Morgan fingerprint density at radius 3 is 1.79 bits per heavy atom. The third-order valence-corrected chi connectivity index (χ3v) is 4.11. The van der Waals surface area contributed by atoms with Crippen LogP contribution in [0.25, 0.3) is 22.3 Å². The van der Waals surface area contributed by atoms with E-state index in [4.69, 9.17) is 0 Å². The molecule has 3 nitrogen and oxygen atoms in total. The molecule has 0 fully saturated rings. The molecule has 0 atom stereocenters. The van der Waals surface area contributed by atoms with E-state index in [1.807, 2.05) is 0 Å². The van der Waals surface area contributed by atoms with Gasteiger partial charge in [0.1, 0.15) is 0 Å². The van der Waals surface area contributed by atoms with Crippen molar-refractivity contribution in [2.24, 2.45) is 0 Å². The quantitative estimate of drug-likeness (QED) is 0.526. The molecule has 3 rings (SSSR count). The van der Waals surface area contributed by atoms with Crippen molar-refractivity contribution in [3.8, 4) is 22.3 Å². The second-order valence-electron chi connectivity index (χ2n) is 6.08. The number of rotatable bonds is 3. The number of benzene rings is 2. The lowest BCUT2D eigenvalue weighted by atomic mass is 9.97.